The lowest BCUT2D eigenvalue weighted by Crippen LogP contribution is -2.43. The topological polar surface area (TPSA) is 81.3 Å². The van der Waals surface area contributed by atoms with Crippen molar-refractivity contribution in [3.05, 3.63) is 71.9 Å². The summed E-state index contributed by atoms with van der Waals surface area (Å²) >= 11 is 0. The van der Waals surface area contributed by atoms with E-state index in [0.29, 0.717) is 0 Å². The van der Waals surface area contributed by atoms with Crippen LogP contribution in [-0.2, 0) is 4.79 Å². The number of hydrogen-bond donors (Lipinski definition) is 4. The molecule has 0 aliphatic carbocycles. The van der Waals surface area contributed by atoms with Crippen LogP contribution in [0.3, 0.4) is 0 Å². The fourth-order valence-corrected chi connectivity index (χ4v) is 3.42. The summed E-state index contributed by atoms with van der Waals surface area (Å²) in [5.74, 6) is -0.0554. The van der Waals surface area contributed by atoms with Gasteiger partial charge in [0.2, 0.25) is 0 Å². The molecule has 4 N–H and O–H groups in total. The molecule has 1 aliphatic rings. The second-order valence-electron chi connectivity index (χ2n) is 6.54. The number of aromatic amines is 1. The lowest BCUT2D eigenvalue weighted by molar-refractivity contribution is -0.123. The molecule has 3 atom stereocenters. The Bertz CT molecular complexity index is 934. The highest BCUT2D eigenvalue weighted by Crippen LogP contribution is 2.28. The van der Waals surface area contributed by atoms with Crippen molar-refractivity contribution >= 4 is 23.0 Å². The molecule has 1 saturated heterocycles. The fourth-order valence-electron chi connectivity index (χ4n) is 3.42. The normalized spacial score (nSPS) is 22.9. The number of aromatic nitrogens is 1. The van der Waals surface area contributed by atoms with E-state index in [1.165, 1.54) is 0 Å². The second kappa shape index (κ2) is 7.11. The Morgan fingerprint density at radius 1 is 1.08 bits per heavy atom. The van der Waals surface area contributed by atoms with Gasteiger partial charge in [0.15, 0.2) is 0 Å². The lowest BCUT2D eigenvalue weighted by Gasteiger charge is -2.17. The highest BCUT2D eigenvalue weighted by molar-refractivity contribution is 5.99. The minimum Gasteiger partial charge on any atom is -0.361 e. The first-order chi connectivity index (χ1) is 12.7. The summed E-state index contributed by atoms with van der Waals surface area (Å²) in [5, 5.41) is 5.20. The Kier molecular flexibility index (Phi) is 4.51. The molecule has 3 aromatic rings. The summed E-state index contributed by atoms with van der Waals surface area (Å²) in [5.41, 5.74) is 12.1. The SMILES string of the molecule is CC1C(C(=O)N/N=C/c2c[nH]c3ccccc23)NNC1c1ccccc1. The largest absolute Gasteiger partial charge is 0.361 e. The average molecular weight is 347 g/mol. The fraction of sp³-hybridized carbons (Fsp3) is 0.200. The van der Waals surface area contributed by atoms with Crippen molar-refractivity contribution in [2.75, 3.05) is 0 Å². The minimum absolute atomic E-state index is 0.0875. The van der Waals surface area contributed by atoms with E-state index in [1.807, 2.05) is 48.7 Å². The molecule has 132 valence electrons. The number of hydrazine groups is 1. The smallest absolute Gasteiger partial charge is 0.258 e. The van der Waals surface area contributed by atoms with E-state index in [2.05, 4.69) is 45.4 Å². The van der Waals surface area contributed by atoms with Gasteiger partial charge in [-0.2, -0.15) is 5.10 Å². The molecule has 1 aliphatic heterocycles. The molecule has 3 unspecified atom stereocenters. The number of benzene rings is 2. The Labute approximate surface area is 151 Å². The third kappa shape index (κ3) is 3.12. The lowest BCUT2D eigenvalue weighted by atomic mass is 9.91. The summed E-state index contributed by atoms with van der Waals surface area (Å²) in [6.45, 7) is 2.05. The molecular formula is C20H21N5O. The molecule has 4 rings (SSSR count). The quantitative estimate of drug-likeness (QED) is 0.432. The van der Waals surface area contributed by atoms with Gasteiger partial charge in [-0.15, -0.1) is 0 Å². The second-order valence-corrected chi connectivity index (χ2v) is 6.54. The van der Waals surface area contributed by atoms with Crippen LogP contribution in [-0.4, -0.2) is 23.1 Å². The zero-order valence-corrected chi connectivity index (χ0v) is 14.4. The third-order valence-electron chi connectivity index (χ3n) is 4.89. The molecule has 1 aromatic heterocycles. The number of H-pyrrole nitrogens is 1. The van der Waals surface area contributed by atoms with Crippen molar-refractivity contribution in [3.63, 3.8) is 0 Å². The Morgan fingerprint density at radius 3 is 2.69 bits per heavy atom. The predicted octanol–water partition coefficient (Wildman–Crippen LogP) is 2.47. The average Bonchev–Trinajstić information content (AvgIpc) is 3.26. The van der Waals surface area contributed by atoms with E-state index >= 15 is 0 Å². The van der Waals surface area contributed by atoms with Gasteiger partial charge in [0.25, 0.3) is 5.91 Å². The number of carbonyl (C=O) groups is 1. The maximum atomic E-state index is 12.5. The van der Waals surface area contributed by atoms with Crippen LogP contribution < -0.4 is 16.3 Å². The third-order valence-corrected chi connectivity index (χ3v) is 4.89. The number of para-hydroxylation sites is 1. The van der Waals surface area contributed by atoms with E-state index < -0.39 is 0 Å². The van der Waals surface area contributed by atoms with Gasteiger partial charge in [0.05, 0.1) is 12.3 Å². The van der Waals surface area contributed by atoms with E-state index in [9.17, 15) is 4.79 Å². The Balaban J connectivity index is 1.41. The highest BCUT2D eigenvalue weighted by atomic mass is 16.2. The molecule has 26 heavy (non-hydrogen) atoms. The van der Waals surface area contributed by atoms with E-state index in [4.69, 9.17) is 0 Å². The van der Waals surface area contributed by atoms with Crippen molar-refractivity contribution in [2.24, 2.45) is 11.0 Å². The summed E-state index contributed by atoms with van der Waals surface area (Å²) in [6.07, 6.45) is 3.54. The monoisotopic (exact) mass is 347 g/mol. The predicted molar refractivity (Wildman–Crippen MR) is 102 cm³/mol. The van der Waals surface area contributed by atoms with Crippen molar-refractivity contribution in [2.45, 2.75) is 19.0 Å². The summed E-state index contributed by atoms with van der Waals surface area (Å²) in [4.78, 5) is 15.7. The first-order valence-corrected chi connectivity index (χ1v) is 8.69. The Morgan fingerprint density at radius 2 is 1.85 bits per heavy atom. The zero-order valence-electron chi connectivity index (χ0n) is 14.4. The number of fused-ring (bicyclic) bond motifs is 1. The summed E-state index contributed by atoms with van der Waals surface area (Å²) in [7, 11) is 0. The molecule has 6 heteroatoms. The number of amides is 1. The van der Waals surface area contributed by atoms with Crippen LogP contribution in [0.1, 0.15) is 24.1 Å². The summed E-state index contributed by atoms with van der Waals surface area (Å²) in [6, 6.07) is 17.8. The molecule has 2 aromatic carbocycles. The van der Waals surface area contributed by atoms with E-state index in [1.54, 1.807) is 6.21 Å². The van der Waals surface area contributed by atoms with E-state index in [-0.39, 0.29) is 23.9 Å². The number of nitrogens with zero attached hydrogens (tertiary/aromatic N) is 1. The maximum absolute atomic E-state index is 12.5. The van der Waals surface area contributed by atoms with Gasteiger partial charge in [0.1, 0.15) is 6.04 Å². The molecular weight excluding hydrogens is 326 g/mol. The van der Waals surface area contributed by atoms with Crippen LogP contribution in [0.15, 0.2) is 65.9 Å². The molecule has 0 spiro atoms. The number of hydrazone groups is 1. The Hall–Kier alpha value is -2.96. The number of carbonyl (C=O) groups excluding carboxylic acids is 1. The molecule has 0 radical (unpaired) electrons. The summed E-state index contributed by atoms with van der Waals surface area (Å²) < 4.78 is 0. The van der Waals surface area contributed by atoms with Gasteiger partial charge >= 0.3 is 0 Å². The zero-order chi connectivity index (χ0) is 17.9. The van der Waals surface area contributed by atoms with Crippen molar-refractivity contribution < 1.29 is 4.79 Å². The van der Waals surface area contributed by atoms with Gasteiger partial charge in [-0.3, -0.25) is 4.79 Å². The number of nitrogens with one attached hydrogen (secondary N) is 4. The number of rotatable bonds is 4. The van der Waals surface area contributed by atoms with Gasteiger partial charge in [-0.1, -0.05) is 55.5 Å². The van der Waals surface area contributed by atoms with Crippen LogP contribution in [0.5, 0.6) is 0 Å². The van der Waals surface area contributed by atoms with Crippen molar-refractivity contribution in [3.8, 4) is 0 Å². The van der Waals surface area contributed by atoms with Crippen LogP contribution in [0, 0.1) is 5.92 Å². The van der Waals surface area contributed by atoms with Gasteiger partial charge < -0.3 is 4.98 Å². The number of hydrogen-bond acceptors (Lipinski definition) is 4. The molecule has 0 bridgehead atoms. The van der Waals surface area contributed by atoms with Crippen LogP contribution in [0.4, 0.5) is 0 Å². The van der Waals surface area contributed by atoms with Crippen molar-refractivity contribution in [1.82, 2.24) is 21.3 Å². The highest BCUT2D eigenvalue weighted by Gasteiger charge is 2.37. The standard InChI is InChI=1S/C20H21N5O/c1-13-18(14-7-3-2-4-8-14)23-24-19(13)20(26)25-22-12-15-11-21-17-10-6-5-9-16(15)17/h2-13,18-19,21,23-24H,1H3,(H,25,26)/b22-12+. The minimum atomic E-state index is -0.347. The first kappa shape index (κ1) is 16.5. The first-order valence-electron chi connectivity index (χ1n) is 8.69. The van der Waals surface area contributed by atoms with E-state index in [0.717, 1.165) is 22.0 Å². The van der Waals surface area contributed by atoms with Gasteiger partial charge in [0, 0.05) is 28.6 Å². The molecule has 0 saturated carbocycles. The molecule has 1 fully saturated rings. The molecule has 1 amide bonds. The molecule has 2 heterocycles. The van der Waals surface area contributed by atoms with Crippen LogP contribution in [0.25, 0.3) is 10.9 Å². The van der Waals surface area contributed by atoms with Gasteiger partial charge in [-0.05, 0) is 11.6 Å². The molecule has 6 nitrogen and oxygen atoms in total. The van der Waals surface area contributed by atoms with Crippen LogP contribution >= 0.6 is 0 Å². The maximum Gasteiger partial charge on any atom is 0.258 e. The van der Waals surface area contributed by atoms with Crippen LogP contribution in [0.2, 0.25) is 0 Å². The van der Waals surface area contributed by atoms with Gasteiger partial charge in [-0.25, -0.2) is 16.3 Å². The van der Waals surface area contributed by atoms with Crippen molar-refractivity contribution in [1.29, 1.82) is 0 Å².